The first-order chi connectivity index (χ1) is 13.9. The number of piperazine rings is 1. The fraction of sp³-hybridized carbons (Fsp3) is 0.455. The van der Waals surface area contributed by atoms with Crippen LogP contribution in [0, 0.1) is 12.8 Å². The number of anilines is 1. The maximum Gasteiger partial charge on any atom is 0.220 e. The second-order valence-electron chi connectivity index (χ2n) is 8.02. The summed E-state index contributed by atoms with van der Waals surface area (Å²) in [6.07, 6.45) is -0.168. The molecule has 0 saturated carbocycles. The van der Waals surface area contributed by atoms with Crippen LogP contribution in [0.15, 0.2) is 48.5 Å². The van der Waals surface area contributed by atoms with Gasteiger partial charge in [-0.05, 0) is 24.6 Å². The van der Waals surface area contributed by atoms with Crippen molar-refractivity contribution in [1.82, 2.24) is 9.62 Å². The summed E-state index contributed by atoms with van der Waals surface area (Å²) in [6.45, 7) is 7.39. The number of rotatable bonds is 4. The molecule has 1 N–H and O–H groups in total. The monoisotopic (exact) mass is 415 g/mol. The highest BCUT2D eigenvalue weighted by molar-refractivity contribution is 7.90. The van der Waals surface area contributed by atoms with E-state index in [1.54, 1.807) is 7.11 Å². The number of methoxy groups -OCH3 is 1. The average Bonchev–Trinajstić information content (AvgIpc) is 2.98. The number of nitrogens with one attached hydrogen (secondary N) is 1. The molecule has 0 aliphatic carbocycles. The molecule has 3 unspecified atom stereocenters. The standard InChI is InChI=1S/C22H29N3O3S/c1-16-7-9-18(10-8-16)21-17(2)22(23-29(21,26)27)25-13-11-24(12-14-25)19-5-4-6-20(15-19)28-3/h4-10,15,17,21-23H,11-14H2,1-3H3. The van der Waals surface area contributed by atoms with Gasteiger partial charge in [0.1, 0.15) is 11.0 Å². The van der Waals surface area contributed by atoms with Crippen molar-refractivity contribution in [1.29, 1.82) is 0 Å². The Hall–Kier alpha value is -2.09. The van der Waals surface area contributed by atoms with Gasteiger partial charge in [0.2, 0.25) is 10.0 Å². The second kappa shape index (κ2) is 7.97. The molecule has 156 valence electrons. The third-order valence-electron chi connectivity index (χ3n) is 6.13. The highest BCUT2D eigenvalue weighted by Crippen LogP contribution is 2.39. The van der Waals surface area contributed by atoms with E-state index in [-0.39, 0.29) is 12.1 Å². The molecule has 2 aliphatic heterocycles. The Morgan fingerprint density at radius 2 is 1.72 bits per heavy atom. The minimum atomic E-state index is -3.40. The van der Waals surface area contributed by atoms with Crippen molar-refractivity contribution in [3.8, 4) is 5.75 Å². The molecule has 0 amide bonds. The lowest BCUT2D eigenvalue weighted by molar-refractivity contribution is 0.140. The summed E-state index contributed by atoms with van der Waals surface area (Å²) >= 11 is 0. The van der Waals surface area contributed by atoms with Crippen LogP contribution in [0.25, 0.3) is 0 Å². The Balaban J connectivity index is 1.46. The van der Waals surface area contributed by atoms with Crippen molar-refractivity contribution in [2.45, 2.75) is 25.3 Å². The van der Waals surface area contributed by atoms with Crippen molar-refractivity contribution >= 4 is 15.7 Å². The molecule has 0 aromatic heterocycles. The van der Waals surface area contributed by atoms with Crippen LogP contribution in [-0.4, -0.2) is 52.8 Å². The van der Waals surface area contributed by atoms with Crippen LogP contribution in [0.2, 0.25) is 0 Å². The van der Waals surface area contributed by atoms with Crippen LogP contribution >= 0.6 is 0 Å². The second-order valence-corrected chi connectivity index (χ2v) is 9.86. The third-order valence-corrected chi connectivity index (χ3v) is 8.07. The molecule has 29 heavy (non-hydrogen) atoms. The largest absolute Gasteiger partial charge is 0.497 e. The molecular weight excluding hydrogens is 386 g/mol. The summed E-state index contributed by atoms with van der Waals surface area (Å²) in [5.74, 6) is 0.828. The van der Waals surface area contributed by atoms with E-state index in [0.717, 1.165) is 48.7 Å². The molecule has 2 fully saturated rings. The minimum absolute atomic E-state index is 0.0222. The number of benzene rings is 2. The van der Waals surface area contributed by atoms with Crippen LogP contribution in [0.1, 0.15) is 23.3 Å². The number of hydrogen-bond acceptors (Lipinski definition) is 5. The van der Waals surface area contributed by atoms with E-state index < -0.39 is 15.3 Å². The number of ether oxygens (including phenoxy) is 1. The number of nitrogens with zero attached hydrogens (tertiary/aromatic N) is 2. The van der Waals surface area contributed by atoms with Gasteiger partial charge in [-0.2, -0.15) is 4.72 Å². The first kappa shape index (κ1) is 20.2. The fourth-order valence-electron chi connectivity index (χ4n) is 4.51. The molecular formula is C22H29N3O3S. The van der Waals surface area contributed by atoms with E-state index in [0.29, 0.717) is 0 Å². The molecule has 3 atom stereocenters. The zero-order valence-corrected chi connectivity index (χ0v) is 18.0. The van der Waals surface area contributed by atoms with E-state index in [4.69, 9.17) is 4.74 Å². The molecule has 2 aromatic rings. The van der Waals surface area contributed by atoms with Gasteiger partial charge in [0.15, 0.2) is 0 Å². The quantitative estimate of drug-likeness (QED) is 0.832. The Bertz CT molecular complexity index is 954. The normalized spacial score (nSPS) is 27.1. The summed E-state index contributed by atoms with van der Waals surface area (Å²) in [7, 11) is -1.72. The Morgan fingerprint density at radius 1 is 1.03 bits per heavy atom. The lowest BCUT2D eigenvalue weighted by Crippen LogP contribution is -2.55. The number of sulfonamides is 1. The van der Waals surface area contributed by atoms with Gasteiger partial charge in [-0.1, -0.05) is 42.8 Å². The fourth-order valence-corrected chi connectivity index (χ4v) is 6.58. The molecule has 2 aliphatic rings. The van der Waals surface area contributed by atoms with Crippen LogP contribution in [-0.2, 0) is 10.0 Å². The number of hydrogen-bond donors (Lipinski definition) is 1. The predicted octanol–water partition coefficient (Wildman–Crippen LogP) is 2.76. The van der Waals surface area contributed by atoms with E-state index in [1.165, 1.54) is 0 Å². The lowest BCUT2D eigenvalue weighted by Gasteiger charge is -2.40. The van der Waals surface area contributed by atoms with Gasteiger partial charge in [0.25, 0.3) is 0 Å². The van der Waals surface area contributed by atoms with Gasteiger partial charge in [-0.3, -0.25) is 4.90 Å². The molecule has 7 heteroatoms. The van der Waals surface area contributed by atoms with E-state index >= 15 is 0 Å². The van der Waals surface area contributed by atoms with Crippen LogP contribution < -0.4 is 14.4 Å². The van der Waals surface area contributed by atoms with Crippen molar-refractivity contribution in [3.63, 3.8) is 0 Å². The lowest BCUT2D eigenvalue weighted by atomic mass is 9.96. The molecule has 0 bridgehead atoms. The van der Waals surface area contributed by atoms with Gasteiger partial charge < -0.3 is 9.64 Å². The summed E-state index contributed by atoms with van der Waals surface area (Å²) in [6, 6.07) is 15.9. The van der Waals surface area contributed by atoms with E-state index in [9.17, 15) is 8.42 Å². The van der Waals surface area contributed by atoms with Crippen molar-refractivity contribution in [2.75, 3.05) is 38.2 Å². The summed E-state index contributed by atoms with van der Waals surface area (Å²) in [5, 5.41) is -0.510. The summed E-state index contributed by atoms with van der Waals surface area (Å²) in [4.78, 5) is 4.59. The predicted molar refractivity (Wildman–Crippen MR) is 116 cm³/mol. The Kier molecular flexibility index (Phi) is 5.55. The van der Waals surface area contributed by atoms with Crippen molar-refractivity contribution in [2.24, 2.45) is 5.92 Å². The maximum atomic E-state index is 12.9. The zero-order chi connectivity index (χ0) is 20.6. The minimum Gasteiger partial charge on any atom is -0.497 e. The highest BCUT2D eigenvalue weighted by atomic mass is 32.2. The van der Waals surface area contributed by atoms with E-state index in [1.807, 2.05) is 56.3 Å². The van der Waals surface area contributed by atoms with Gasteiger partial charge in [-0.15, -0.1) is 0 Å². The zero-order valence-electron chi connectivity index (χ0n) is 17.2. The first-order valence-electron chi connectivity index (χ1n) is 10.1. The summed E-state index contributed by atoms with van der Waals surface area (Å²) in [5.41, 5.74) is 3.14. The smallest absolute Gasteiger partial charge is 0.220 e. The molecule has 6 nitrogen and oxygen atoms in total. The average molecular weight is 416 g/mol. The molecule has 2 aromatic carbocycles. The molecule has 2 saturated heterocycles. The highest BCUT2D eigenvalue weighted by Gasteiger charge is 2.47. The molecule has 4 rings (SSSR count). The first-order valence-corrected chi connectivity index (χ1v) is 11.6. The molecule has 0 spiro atoms. The number of aryl methyl sites for hydroxylation is 1. The van der Waals surface area contributed by atoms with Gasteiger partial charge >= 0.3 is 0 Å². The third kappa shape index (κ3) is 3.99. The van der Waals surface area contributed by atoms with Gasteiger partial charge in [0, 0.05) is 43.9 Å². The van der Waals surface area contributed by atoms with Gasteiger partial charge in [-0.25, -0.2) is 8.42 Å². The SMILES string of the molecule is COc1cccc(N2CCN(C3NS(=O)(=O)C(c4ccc(C)cc4)C3C)CC2)c1. The Labute approximate surface area is 173 Å². The van der Waals surface area contributed by atoms with Crippen LogP contribution in [0.3, 0.4) is 0 Å². The van der Waals surface area contributed by atoms with Crippen LogP contribution in [0.4, 0.5) is 5.69 Å². The molecule has 2 heterocycles. The van der Waals surface area contributed by atoms with Gasteiger partial charge in [0.05, 0.1) is 13.3 Å². The Morgan fingerprint density at radius 3 is 2.38 bits per heavy atom. The molecule has 0 radical (unpaired) electrons. The maximum absolute atomic E-state index is 12.9. The van der Waals surface area contributed by atoms with E-state index in [2.05, 4.69) is 20.6 Å². The van der Waals surface area contributed by atoms with Crippen molar-refractivity contribution in [3.05, 3.63) is 59.7 Å². The van der Waals surface area contributed by atoms with Crippen molar-refractivity contribution < 1.29 is 13.2 Å². The summed E-state index contributed by atoms with van der Waals surface area (Å²) < 4.78 is 34.1. The van der Waals surface area contributed by atoms with Crippen LogP contribution in [0.5, 0.6) is 5.75 Å². The topological polar surface area (TPSA) is 61.9 Å².